The molecule has 82 valence electrons. The van der Waals surface area contributed by atoms with Gasteiger partial charge in [0.2, 0.25) is 0 Å². The van der Waals surface area contributed by atoms with Crippen molar-refractivity contribution in [1.82, 2.24) is 0 Å². The van der Waals surface area contributed by atoms with Gasteiger partial charge in [-0.1, -0.05) is 25.1 Å². The van der Waals surface area contributed by atoms with Gasteiger partial charge >= 0.3 is 0 Å². The molecule has 2 rings (SSSR count). The highest BCUT2D eigenvalue weighted by molar-refractivity contribution is 5.92. The summed E-state index contributed by atoms with van der Waals surface area (Å²) in [4.78, 5) is 11.9. The van der Waals surface area contributed by atoms with E-state index < -0.39 is 11.7 Å². The second-order valence-corrected chi connectivity index (χ2v) is 4.31. The Morgan fingerprint density at radius 3 is 2.69 bits per heavy atom. The molecule has 1 fully saturated rings. The van der Waals surface area contributed by atoms with Crippen LogP contribution < -0.4 is 0 Å². The maximum Gasteiger partial charge on any atom is 0.157 e. The lowest BCUT2D eigenvalue weighted by Crippen LogP contribution is -2.14. The summed E-state index contributed by atoms with van der Waals surface area (Å²) < 4.78 is 13.5. The van der Waals surface area contributed by atoms with Gasteiger partial charge < -0.3 is 0 Å². The molecule has 0 amide bonds. The quantitative estimate of drug-likeness (QED) is 0.781. The lowest BCUT2D eigenvalue weighted by atomic mass is 9.92. The zero-order chi connectivity index (χ0) is 11.7. The van der Waals surface area contributed by atoms with E-state index in [4.69, 9.17) is 5.26 Å². The molecule has 1 aromatic carbocycles. The first-order chi connectivity index (χ1) is 7.65. The lowest BCUT2D eigenvalue weighted by Gasteiger charge is -2.08. The van der Waals surface area contributed by atoms with Gasteiger partial charge in [0.05, 0.1) is 6.07 Å². The smallest absolute Gasteiger partial charge is 0.157 e. The molecule has 0 bridgehead atoms. The van der Waals surface area contributed by atoms with Crippen LogP contribution in [-0.4, -0.2) is 5.78 Å². The van der Waals surface area contributed by atoms with E-state index in [1.807, 2.05) is 13.0 Å². The number of carbonyl (C=O) groups excluding carboxylic acids is 1. The van der Waals surface area contributed by atoms with Crippen molar-refractivity contribution in [2.45, 2.75) is 19.3 Å². The molecule has 0 N–H and O–H groups in total. The fourth-order valence-electron chi connectivity index (χ4n) is 1.93. The molecule has 3 heteroatoms. The number of halogens is 1. The van der Waals surface area contributed by atoms with Crippen LogP contribution in [0.3, 0.4) is 0 Å². The Kier molecular flexibility index (Phi) is 2.74. The molecule has 0 saturated heterocycles. The van der Waals surface area contributed by atoms with Crippen LogP contribution in [0.2, 0.25) is 0 Å². The van der Waals surface area contributed by atoms with Gasteiger partial charge in [0.25, 0.3) is 0 Å². The number of benzene rings is 1. The highest BCUT2D eigenvalue weighted by Crippen LogP contribution is 2.42. The molecule has 2 nitrogen and oxygen atoms in total. The van der Waals surface area contributed by atoms with Crippen LogP contribution in [0.15, 0.2) is 24.3 Å². The molecule has 1 aromatic rings. The van der Waals surface area contributed by atoms with Gasteiger partial charge in [-0.3, -0.25) is 4.79 Å². The number of Topliss-reactive ketones (excluding diaryl/α,β-unsaturated/α-hetero) is 1. The van der Waals surface area contributed by atoms with Crippen LogP contribution in [0.1, 0.15) is 24.8 Å². The molecular formula is C13H12FNO. The first kappa shape index (κ1) is 10.8. The predicted molar refractivity (Wildman–Crippen MR) is 57.0 cm³/mol. The summed E-state index contributed by atoms with van der Waals surface area (Å²) in [5.41, 5.74) is 0.203. The third kappa shape index (κ3) is 1.83. The average molecular weight is 217 g/mol. The molecule has 0 aliphatic heterocycles. The zero-order valence-electron chi connectivity index (χ0n) is 8.98. The summed E-state index contributed by atoms with van der Waals surface area (Å²) in [7, 11) is 0. The van der Waals surface area contributed by atoms with Crippen LogP contribution in [0, 0.1) is 29.0 Å². The van der Waals surface area contributed by atoms with E-state index >= 15 is 0 Å². The van der Waals surface area contributed by atoms with Crippen molar-refractivity contribution in [2.24, 2.45) is 11.8 Å². The molecule has 1 aliphatic rings. The molecule has 3 unspecified atom stereocenters. The van der Waals surface area contributed by atoms with Gasteiger partial charge in [-0.2, -0.15) is 5.26 Å². The van der Waals surface area contributed by atoms with Crippen LogP contribution in [0.4, 0.5) is 4.39 Å². The van der Waals surface area contributed by atoms with Gasteiger partial charge in [0.1, 0.15) is 11.7 Å². The van der Waals surface area contributed by atoms with Crippen molar-refractivity contribution in [3.05, 3.63) is 35.6 Å². The number of nitrogens with zero attached hydrogens (tertiary/aromatic N) is 1. The van der Waals surface area contributed by atoms with E-state index in [9.17, 15) is 9.18 Å². The topological polar surface area (TPSA) is 40.9 Å². The zero-order valence-corrected chi connectivity index (χ0v) is 8.98. The molecule has 1 aliphatic carbocycles. The van der Waals surface area contributed by atoms with E-state index in [0.717, 1.165) is 6.42 Å². The average Bonchev–Trinajstić information content (AvgIpc) is 2.99. The minimum Gasteiger partial charge on any atom is -0.298 e. The first-order valence-corrected chi connectivity index (χ1v) is 5.33. The largest absolute Gasteiger partial charge is 0.298 e. The first-order valence-electron chi connectivity index (χ1n) is 5.33. The van der Waals surface area contributed by atoms with E-state index in [2.05, 4.69) is 0 Å². The van der Waals surface area contributed by atoms with Gasteiger partial charge in [-0.15, -0.1) is 0 Å². The van der Waals surface area contributed by atoms with E-state index in [0.29, 0.717) is 5.92 Å². The molecule has 0 aromatic heterocycles. The highest BCUT2D eigenvalue weighted by atomic mass is 19.1. The summed E-state index contributed by atoms with van der Waals surface area (Å²) in [6, 6.07) is 7.90. The van der Waals surface area contributed by atoms with Gasteiger partial charge in [0, 0.05) is 11.5 Å². The third-order valence-electron chi connectivity index (χ3n) is 3.10. The SMILES string of the molecule is CC1CC1C(=O)C(C#N)c1ccccc1F. The Labute approximate surface area is 93.7 Å². The number of ketones is 1. The second kappa shape index (κ2) is 4.05. The number of hydrogen-bond donors (Lipinski definition) is 0. The summed E-state index contributed by atoms with van der Waals surface area (Å²) in [6.45, 7) is 1.97. The minimum atomic E-state index is -0.948. The minimum absolute atomic E-state index is 0.0516. The summed E-state index contributed by atoms with van der Waals surface area (Å²) in [5.74, 6) is -1.27. The van der Waals surface area contributed by atoms with Crippen molar-refractivity contribution in [1.29, 1.82) is 5.26 Å². The Hall–Kier alpha value is -1.69. The normalized spacial score (nSPS) is 24.6. The number of carbonyl (C=O) groups is 1. The predicted octanol–water partition coefficient (Wildman–Crippen LogP) is 2.66. The number of nitriles is 1. The molecule has 0 radical (unpaired) electrons. The van der Waals surface area contributed by atoms with Crippen LogP contribution >= 0.6 is 0 Å². The maximum atomic E-state index is 13.5. The summed E-state index contributed by atoms with van der Waals surface area (Å²) in [6.07, 6.45) is 0.825. The van der Waals surface area contributed by atoms with E-state index in [-0.39, 0.29) is 17.3 Å². The van der Waals surface area contributed by atoms with E-state index in [1.54, 1.807) is 12.1 Å². The Bertz CT molecular complexity index is 463. The van der Waals surface area contributed by atoms with Gasteiger partial charge in [-0.05, 0) is 18.4 Å². The van der Waals surface area contributed by atoms with Crippen LogP contribution in [0.5, 0.6) is 0 Å². The highest BCUT2D eigenvalue weighted by Gasteiger charge is 2.43. The van der Waals surface area contributed by atoms with Crippen LogP contribution in [-0.2, 0) is 4.79 Å². The van der Waals surface area contributed by atoms with Crippen molar-refractivity contribution in [2.75, 3.05) is 0 Å². The Morgan fingerprint density at radius 2 is 2.19 bits per heavy atom. The monoisotopic (exact) mass is 217 g/mol. The molecule has 1 saturated carbocycles. The van der Waals surface area contributed by atoms with Crippen molar-refractivity contribution >= 4 is 5.78 Å². The number of hydrogen-bond acceptors (Lipinski definition) is 2. The second-order valence-electron chi connectivity index (χ2n) is 4.31. The van der Waals surface area contributed by atoms with Gasteiger partial charge in [0.15, 0.2) is 5.78 Å². The van der Waals surface area contributed by atoms with E-state index in [1.165, 1.54) is 12.1 Å². The van der Waals surface area contributed by atoms with Gasteiger partial charge in [-0.25, -0.2) is 4.39 Å². The third-order valence-corrected chi connectivity index (χ3v) is 3.10. The molecule has 3 atom stereocenters. The van der Waals surface area contributed by atoms with Crippen molar-refractivity contribution in [3.8, 4) is 6.07 Å². The summed E-state index contributed by atoms with van der Waals surface area (Å²) >= 11 is 0. The molecule has 0 spiro atoms. The maximum absolute atomic E-state index is 13.5. The molecule has 0 heterocycles. The lowest BCUT2D eigenvalue weighted by molar-refractivity contribution is -0.120. The van der Waals surface area contributed by atoms with Crippen molar-refractivity contribution < 1.29 is 9.18 Å². The van der Waals surface area contributed by atoms with Crippen molar-refractivity contribution in [3.63, 3.8) is 0 Å². The fourth-order valence-corrected chi connectivity index (χ4v) is 1.93. The Balaban J connectivity index is 2.27. The Morgan fingerprint density at radius 1 is 1.56 bits per heavy atom. The van der Waals surface area contributed by atoms with Crippen LogP contribution in [0.25, 0.3) is 0 Å². The molecular weight excluding hydrogens is 205 g/mol. The summed E-state index contributed by atoms with van der Waals surface area (Å²) in [5, 5.41) is 9.00. The number of rotatable bonds is 3. The standard InChI is InChI=1S/C13H12FNO/c1-8-6-10(8)13(16)11(7-15)9-4-2-3-5-12(9)14/h2-5,8,10-11H,6H2,1H3. The fraction of sp³-hybridized carbons (Fsp3) is 0.385. The molecule has 16 heavy (non-hydrogen) atoms.